The molecule has 176 valence electrons. The van der Waals surface area contributed by atoms with Crippen molar-refractivity contribution in [1.82, 2.24) is 9.21 Å². The first-order valence-corrected chi connectivity index (χ1v) is 13.6. The molecule has 2 aromatic rings. The Balaban J connectivity index is 1.38. The largest absolute Gasteiger partial charge is 0.339 e. The fourth-order valence-electron chi connectivity index (χ4n) is 5.06. The van der Waals surface area contributed by atoms with Gasteiger partial charge in [-0.1, -0.05) is 61.5 Å². The summed E-state index contributed by atoms with van der Waals surface area (Å²) in [6.45, 7) is 3.67. The Morgan fingerprint density at radius 1 is 1.00 bits per heavy atom. The maximum absolute atomic E-state index is 13.5. The van der Waals surface area contributed by atoms with Crippen molar-refractivity contribution in [1.29, 1.82) is 0 Å². The fraction of sp³-hybridized carbons (Fsp3) is 0.444. The number of rotatable bonds is 7. The first-order valence-electron chi connectivity index (χ1n) is 12.1. The van der Waals surface area contributed by atoms with Gasteiger partial charge >= 0.3 is 0 Å². The van der Waals surface area contributed by atoms with Crippen molar-refractivity contribution in [2.45, 2.75) is 51.5 Å². The lowest BCUT2D eigenvalue weighted by Gasteiger charge is -2.39. The lowest BCUT2D eigenvalue weighted by Crippen LogP contribution is -2.49. The lowest BCUT2D eigenvalue weighted by atomic mass is 9.86. The molecule has 1 fully saturated rings. The monoisotopic (exact) mass is 466 g/mol. The first-order chi connectivity index (χ1) is 16.0. The van der Waals surface area contributed by atoms with Gasteiger partial charge in [-0.3, -0.25) is 4.79 Å². The zero-order valence-corrected chi connectivity index (χ0v) is 20.2. The van der Waals surface area contributed by atoms with Gasteiger partial charge in [0.25, 0.3) is 0 Å². The van der Waals surface area contributed by atoms with Crippen molar-refractivity contribution < 1.29 is 13.2 Å². The van der Waals surface area contributed by atoms with Crippen molar-refractivity contribution in [2.24, 2.45) is 5.92 Å². The van der Waals surface area contributed by atoms with E-state index in [0.29, 0.717) is 25.9 Å². The van der Waals surface area contributed by atoms with Crippen LogP contribution in [-0.2, 0) is 27.7 Å². The van der Waals surface area contributed by atoms with E-state index < -0.39 is 10.0 Å². The second-order valence-corrected chi connectivity index (χ2v) is 10.9. The summed E-state index contributed by atoms with van der Waals surface area (Å²) in [6, 6.07) is 18.2. The smallest absolute Gasteiger partial charge is 0.236 e. The van der Waals surface area contributed by atoms with Crippen LogP contribution in [0.5, 0.6) is 0 Å². The van der Waals surface area contributed by atoms with Crippen molar-refractivity contribution in [3.63, 3.8) is 0 Å². The number of sulfonamides is 1. The number of fused-ring (bicyclic) bond motifs is 1. The van der Waals surface area contributed by atoms with Crippen molar-refractivity contribution >= 4 is 22.0 Å². The van der Waals surface area contributed by atoms with Gasteiger partial charge in [0.2, 0.25) is 15.9 Å². The van der Waals surface area contributed by atoms with Crippen molar-refractivity contribution in [3.05, 3.63) is 76.7 Å². The van der Waals surface area contributed by atoms with Gasteiger partial charge < -0.3 is 4.90 Å². The molecule has 0 bridgehead atoms. The molecule has 0 saturated carbocycles. The molecule has 1 amide bonds. The van der Waals surface area contributed by atoms with Gasteiger partial charge in [-0.2, -0.15) is 4.31 Å². The van der Waals surface area contributed by atoms with Crippen LogP contribution in [-0.4, -0.2) is 49.2 Å². The lowest BCUT2D eigenvalue weighted by molar-refractivity contribution is -0.139. The fourth-order valence-corrected chi connectivity index (χ4v) is 6.29. The number of hydrogen-bond donors (Lipinski definition) is 0. The molecule has 0 aromatic heterocycles. The Hall–Kier alpha value is -2.44. The molecule has 1 unspecified atom stereocenters. The molecule has 1 aliphatic heterocycles. The van der Waals surface area contributed by atoms with Crippen LogP contribution >= 0.6 is 0 Å². The number of benzene rings is 2. The quantitative estimate of drug-likeness (QED) is 0.604. The highest BCUT2D eigenvalue weighted by Crippen LogP contribution is 2.28. The number of nitrogens with zero attached hydrogens (tertiary/aromatic N) is 2. The molecule has 1 saturated heterocycles. The third-order valence-electron chi connectivity index (χ3n) is 6.90. The number of carbonyl (C=O) groups excluding carboxylic acids is 1. The van der Waals surface area contributed by atoms with Crippen molar-refractivity contribution in [3.8, 4) is 0 Å². The average molecular weight is 467 g/mol. The highest BCUT2D eigenvalue weighted by atomic mass is 32.2. The van der Waals surface area contributed by atoms with E-state index >= 15 is 0 Å². The van der Waals surface area contributed by atoms with E-state index in [1.165, 1.54) is 20.8 Å². The van der Waals surface area contributed by atoms with Crippen LogP contribution in [0.2, 0.25) is 0 Å². The molecular formula is C27H34N2O3S. The summed E-state index contributed by atoms with van der Waals surface area (Å²) in [6.07, 6.45) is 6.66. The zero-order valence-electron chi connectivity index (χ0n) is 19.4. The normalized spacial score (nSPS) is 20.0. The molecule has 1 aliphatic carbocycles. The Labute approximate surface area is 198 Å². The van der Waals surface area contributed by atoms with Crippen LogP contribution in [0.25, 0.3) is 6.08 Å². The average Bonchev–Trinajstić information content (AvgIpc) is 2.86. The summed E-state index contributed by atoms with van der Waals surface area (Å²) in [5.74, 6) is 0.108. The molecule has 6 heteroatoms. The number of carbonyl (C=O) groups is 1. The van der Waals surface area contributed by atoms with E-state index in [1.807, 2.05) is 30.3 Å². The second-order valence-electron chi connectivity index (χ2n) is 9.13. The molecular weight excluding hydrogens is 432 g/mol. The summed E-state index contributed by atoms with van der Waals surface area (Å²) in [7, 11) is -3.49. The third-order valence-corrected chi connectivity index (χ3v) is 8.47. The van der Waals surface area contributed by atoms with Crippen LogP contribution in [0.1, 0.15) is 49.3 Å². The summed E-state index contributed by atoms with van der Waals surface area (Å²) in [4.78, 5) is 15.6. The minimum atomic E-state index is -3.49. The molecule has 0 spiro atoms. The molecule has 0 N–H and O–H groups in total. The molecule has 1 atom stereocenters. The zero-order chi connectivity index (χ0) is 23.3. The highest BCUT2D eigenvalue weighted by Gasteiger charge is 2.35. The third kappa shape index (κ3) is 5.74. The van der Waals surface area contributed by atoms with Gasteiger partial charge in [-0.15, -0.1) is 0 Å². The number of hydrogen-bond acceptors (Lipinski definition) is 3. The molecule has 2 aliphatic rings. The number of aryl methyl sites for hydroxylation is 1. The summed E-state index contributed by atoms with van der Waals surface area (Å²) >= 11 is 0. The number of amides is 1. The van der Waals surface area contributed by atoms with Gasteiger partial charge in [0.1, 0.15) is 0 Å². The van der Waals surface area contributed by atoms with Crippen LogP contribution < -0.4 is 0 Å². The topological polar surface area (TPSA) is 57.7 Å². The Morgan fingerprint density at radius 2 is 1.67 bits per heavy atom. The molecule has 0 radical (unpaired) electrons. The summed E-state index contributed by atoms with van der Waals surface area (Å²) in [5.41, 5.74) is 3.61. The predicted octanol–water partition coefficient (Wildman–Crippen LogP) is 4.50. The minimum absolute atomic E-state index is 0.0988. The summed E-state index contributed by atoms with van der Waals surface area (Å²) < 4.78 is 27.1. The second kappa shape index (κ2) is 10.7. The Kier molecular flexibility index (Phi) is 7.66. The van der Waals surface area contributed by atoms with E-state index in [0.717, 1.165) is 37.8 Å². The SMILES string of the molecule is CCCN(C(=O)C1CCN(S(=O)(=O)/C=C/c2ccccc2)CC1)C1CCc2ccccc2C1. The van der Waals surface area contributed by atoms with E-state index in [9.17, 15) is 13.2 Å². The van der Waals surface area contributed by atoms with Gasteiger partial charge in [0.15, 0.2) is 0 Å². The van der Waals surface area contributed by atoms with Gasteiger partial charge in [0, 0.05) is 37.0 Å². The first kappa shape index (κ1) is 23.7. The van der Waals surface area contributed by atoms with E-state index in [-0.39, 0.29) is 17.9 Å². The molecule has 33 heavy (non-hydrogen) atoms. The molecule has 2 aromatic carbocycles. The van der Waals surface area contributed by atoms with Gasteiger partial charge in [-0.05, 0) is 61.3 Å². The highest BCUT2D eigenvalue weighted by molar-refractivity contribution is 7.92. The Morgan fingerprint density at radius 3 is 2.36 bits per heavy atom. The maximum Gasteiger partial charge on any atom is 0.236 e. The van der Waals surface area contributed by atoms with Crippen LogP contribution in [0.15, 0.2) is 60.0 Å². The van der Waals surface area contributed by atoms with Crippen LogP contribution in [0.4, 0.5) is 0 Å². The standard InChI is InChI=1S/C27H34N2O3S/c1-2-17-29(26-13-12-23-10-6-7-11-25(23)21-26)27(30)24-14-18-28(19-15-24)33(31,32)20-16-22-8-4-3-5-9-22/h3-11,16,20,24,26H,2,12-15,17-19,21H2,1H3/b20-16+. The van der Waals surface area contributed by atoms with E-state index in [2.05, 4.69) is 36.1 Å². The molecule has 5 nitrogen and oxygen atoms in total. The molecule has 1 heterocycles. The van der Waals surface area contributed by atoms with Gasteiger partial charge in [-0.25, -0.2) is 8.42 Å². The van der Waals surface area contributed by atoms with Crippen LogP contribution in [0.3, 0.4) is 0 Å². The molecule has 4 rings (SSSR count). The number of piperidine rings is 1. The summed E-state index contributed by atoms with van der Waals surface area (Å²) in [5, 5.41) is 1.29. The predicted molar refractivity (Wildman–Crippen MR) is 133 cm³/mol. The van der Waals surface area contributed by atoms with E-state index in [1.54, 1.807) is 6.08 Å². The van der Waals surface area contributed by atoms with Gasteiger partial charge in [0.05, 0.1) is 0 Å². The van der Waals surface area contributed by atoms with E-state index in [4.69, 9.17) is 0 Å². The van der Waals surface area contributed by atoms with Crippen LogP contribution in [0, 0.1) is 5.92 Å². The Bertz CT molecular complexity index is 1070. The maximum atomic E-state index is 13.5. The minimum Gasteiger partial charge on any atom is -0.339 e. The van der Waals surface area contributed by atoms with Crippen molar-refractivity contribution in [2.75, 3.05) is 19.6 Å².